The molecule has 1 aromatic rings. The highest BCUT2D eigenvalue weighted by atomic mass is 35.5. The number of carbonyl (C=O) groups is 2. The lowest BCUT2D eigenvalue weighted by atomic mass is 9.90. The number of amides is 1. The Kier molecular flexibility index (Phi) is 6.21. The number of rotatable bonds is 5. The van der Waals surface area contributed by atoms with Crippen LogP contribution in [-0.2, 0) is 9.53 Å². The monoisotopic (exact) mass is 342 g/mol. The summed E-state index contributed by atoms with van der Waals surface area (Å²) in [6, 6.07) is 6.57. The van der Waals surface area contributed by atoms with Gasteiger partial charge >= 0.3 is 5.97 Å². The van der Waals surface area contributed by atoms with Gasteiger partial charge in [0.2, 0.25) is 0 Å². The van der Waals surface area contributed by atoms with E-state index < -0.39 is 24.0 Å². The Morgan fingerprint density at radius 3 is 2.59 bits per heavy atom. The third-order valence-electron chi connectivity index (χ3n) is 3.29. The molecule has 1 atom stereocenters. The fourth-order valence-electron chi connectivity index (χ4n) is 1.50. The van der Waals surface area contributed by atoms with Crippen LogP contribution in [0.1, 0.15) is 31.1 Å². The largest absolute Gasteiger partial charge is 0.452 e. The summed E-state index contributed by atoms with van der Waals surface area (Å²) in [5.41, 5.74) is -0.953. The zero-order valence-electron chi connectivity index (χ0n) is 12.4. The molecular formula is C15H16Cl2N2O3. The minimum absolute atomic E-state index is 0.0682. The molecule has 1 amide bonds. The molecule has 0 aliphatic heterocycles. The van der Waals surface area contributed by atoms with Gasteiger partial charge in [0.25, 0.3) is 5.91 Å². The van der Waals surface area contributed by atoms with E-state index in [4.69, 9.17) is 33.2 Å². The van der Waals surface area contributed by atoms with E-state index in [0.29, 0.717) is 0 Å². The van der Waals surface area contributed by atoms with Crippen LogP contribution in [0.25, 0.3) is 0 Å². The number of halogens is 2. The van der Waals surface area contributed by atoms with Crippen LogP contribution in [0.4, 0.5) is 0 Å². The third kappa shape index (κ3) is 4.36. The van der Waals surface area contributed by atoms with Crippen molar-refractivity contribution in [2.24, 2.45) is 5.92 Å². The van der Waals surface area contributed by atoms with Crippen LogP contribution in [0.3, 0.4) is 0 Å². The molecule has 1 N–H and O–H groups in total. The van der Waals surface area contributed by atoms with Gasteiger partial charge in [-0.05, 0) is 25.0 Å². The number of esters is 1. The van der Waals surface area contributed by atoms with E-state index in [2.05, 4.69) is 5.32 Å². The van der Waals surface area contributed by atoms with Crippen LogP contribution < -0.4 is 5.32 Å². The smallest absolute Gasteiger partial charge is 0.340 e. The summed E-state index contributed by atoms with van der Waals surface area (Å²) in [5.74, 6) is -1.42. The van der Waals surface area contributed by atoms with E-state index >= 15 is 0 Å². The molecule has 0 fully saturated rings. The van der Waals surface area contributed by atoms with Crippen LogP contribution in [0.2, 0.25) is 10.0 Å². The van der Waals surface area contributed by atoms with Gasteiger partial charge in [0.05, 0.1) is 21.7 Å². The lowest BCUT2D eigenvalue weighted by Gasteiger charge is -2.27. The summed E-state index contributed by atoms with van der Waals surface area (Å²) in [7, 11) is 0. The Labute approximate surface area is 139 Å². The first-order valence-electron chi connectivity index (χ1n) is 6.54. The summed E-state index contributed by atoms with van der Waals surface area (Å²) in [6.45, 7) is 4.71. The van der Waals surface area contributed by atoms with Crippen molar-refractivity contribution in [3.63, 3.8) is 0 Å². The van der Waals surface area contributed by atoms with Gasteiger partial charge in [0, 0.05) is 0 Å². The van der Waals surface area contributed by atoms with Crippen molar-refractivity contribution >= 4 is 35.1 Å². The lowest BCUT2D eigenvalue weighted by molar-refractivity contribution is -0.125. The van der Waals surface area contributed by atoms with E-state index in [1.165, 1.54) is 12.1 Å². The minimum atomic E-state index is -1.03. The summed E-state index contributed by atoms with van der Waals surface area (Å²) in [6.07, 6.45) is 0. The molecular weight excluding hydrogens is 327 g/mol. The van der Waals surface area contributed by atoms with Crippen LogP contribution in [0.15, 0.2) is 18.2 Å². The van der Waals surface area contributed by atoms with Crippen LogP contribution in [0.5, 0.6) is 0 Å². The highest BCUT2D eigenvalue weighted by Gasteiger charge is 2.30. The Hall–Kier alpha value is -1.77. The van der Waals surface area contributed by atoms with E-state index in [1.807, 2.05) is 6.07 Å². The summed E-state index contributed by atoms with van der Waals surface area (Å²) in [5, 5.41) is 11.9. The van der Waals surface area contributed by atoms with E-state index in [0.717, 1.165) is 0 Å². The van der Waals surface area contributed by atoms with Crippen molar-refractivity contribution in [3.05, 3.63) is 33.8 Å². The average molecular weight is 343 g/mol. The molecule has 5 nitrogen and oxygen atoms in total. The standard InChI is InChI=1S/C15H16Cl2N2O3/c1-9(2)15(3,8-18)19-12(20)7-22-14(21)10-5-4-6-11(16)13(10)17/h4-6,9H,7H2,1-3H3,(H,19,20)/t15-/m1/s1. The molecule has 0 bridgehead atoms. The maximum atomic E-state index is 11.9. The Morgan fingerprint density at radius 2 is 2.05 bits per heavy atom. The zero-order chi connectivity index (χ0) is 16.9. The molecule has 0 spiro atoms. The van der Waals surface area contributed by atoms with E-state index in [1.54, 1.807) is 26.8 Å². The Balaban J connectivity index is 2.67. The van der Waals surface area contributed by atoms with Gasteiger partial charge in [0.15, 0.2) is 6.61 Å². The number of nitrogens with one attached hydrogen (secondary N) is 1. The first kappa shape index (κ1) is 18.3. The molecule has 0 unspecified atom stereocenters. The molecule has 7 heteroatoms. The van der Waals surface area contributed by atoms with Crippen molar-refractivity contribution in [2.45, 2.75) is 26.3 Å². The van der Waals surface area contributed by atoms with Gasteiger partial charge in [0.1, 0.15) is 5.54 Å². The topological polar surface area (TPSA) is 79.2 Å². The van der Waals surface area contributed by atoms with Crippen molar-refractivity contribution in [2.75, 3.05) is 6.61 Å². The van der Waals surface area contributed by atoms with Gasteiger partial charge in [-0.2, -0.15) is 5.26 Å². The number of nitrogens with zero attached hydrogens (tertiary/aromatic N) is 1. The highest BCUT2D eigenvalue weighted by molar-refractivity contribution is 6.43. The average Bonchev–Trinajstić information content (AvgIpc) is 2.47. The van der Waals surface area contributed by atoms with Crippen molar-refractivity contribution < 1.29 is 14.3 Å². The summed E-state index contributed by atoms with van der Waals surface area (Å²) >= 11 is 11.7. The quantitative estimate of drug-likeness (QED) is 0.833. The number of carbonyl (C=O) groups excluding carboxylic acids is 2. The minimum Gasteiger partial charge on any atom is -0.452 e. The van der Waals surface area contributed by atoms with E-state index in [9.17, 15) is 9.59 Å². The van der Waals surface area contributed by atoms with E-state index in [-0.39, 0.29) is 21.5 Å². The van der Waals surface area contributed by atoms with Crippen molar-refractivity contribution in [1.29, 1.82) is 5.26 Å². The van der Waals surface area contributed by atoms with Gasteiger partial charge < -0.3 is 10.1 Å². The van der Waals surface area contributed by atoms with Crippen LogP contribution in [0, 0.1) is 17.2 Å². The van der Waals surface area contributed by atoms with Crippen molar-refractivity contribution in [3.8, 4) is 6.07 Å². The first-order valence-corrected chi connectivity index (χ1v) is 7.30. The molecule has 0 saturated carbocycles. The van der Waals surface area contributed by atoms with Crippen LogP contribution >= 0.6 is 23.2 Å². The Bertz CT molecular complexity index is 626. The zero-order valence-corrected chi connectivity index (χ0v) is 14.0. The second kappa shape index (κ2) is 7.48. The first-order chi connectivity index (χ1) is 10.2. The lowest BCUT2D eigenvalue weighted by Crippen LogP contribution is -2.50. The summed E-state index contributed by atoms with van der Waals surface area (Å²) in [4.78, 5) is 23.7. The molecule has 22 heavy (non-hydrogen) atoms. The number of nitriles is 1. The molecule has 0 aromatic heterocycles. The molecule has 0 aliphatic rings. The third-order valence-corrected chi connectivity index (χ3v) is 4.11. The molecule has 1 rings (SSSR count). The fourth-order valence-corrected chi connectivity index (χ4v) is 1.88. The molecule has 0 radical (unpaired) electrons. The Morgan fingerprint density at radius 1 is 1.41 bits per heavy atom. The highest BCUT2D eigenvalue weighted by Crippen LogP contribution is 2.26. The second-order valence-electron chi connectivity index (χ2n) is 5.19. The predicted molar refractivity (Wildman–Crippen MR) is 83.7 cm³/mol. The number of hydrogen-bond acceptors (Lipinski definition) is 4. The van der Waals surface area contributed by atoms with Gasteiger partial charge in [-0.25, -0.2) is 4.79 Å². The molecule has 0 aliphatic carbocycles. The number of ether oxygens (including phenoxy) is 1. The maximum Gasteiger partial charge on any atom is 0.340 e. The second-order valence-corrected chi connectivity index (χ2v) is 5.98. The van der Waals surface area contributed by atoms with Crippen LogP contribution in [-0.4, -0.2) is 24.0 Å². The van der Waals surface area contributed by atoms with Gasteiger partial charge in [-0.15, -0.1) is 0 Å². The van der Waals surface area contributed by atoms with Gasteiger partial charge in [-0.3, -0.25) is 4.79 Å². The van der Waals surface area contributed by atoms with Gasteiger partial charge in [-0.1, -0.05) is 43.1 Å². The molecule has 0 heterocycles. The predicted octanol–water partition coefficient (Wildman–Crippen LogP) is 3.20. The molecule has 0 saturated heterocycles. The maximum absolute atomic E-state index is 11.9. The van der Waals surface area contributed by atoms with Crippen molar-refractivity contribution in [1.82, 2.24) is 5.32 Å². The normalized spacial score (nSPS) is 13.1. The number of benzene rings is 1. The molecule has 1 aromatic carbocycles. The summed E-state index contributed by atoms with van der Waals surface area (Å²) < 4.78 is 4.89. The SMILES string of the molecule is CC(C)[C@@](C)(C#N)NC(=O)COC(=O)c1cccc(Cl)c1Cl. The fraction of sp³-hybridized carbons (Fsp3) is 0.400. The number of hydrogen-bond donors (Lipinski definition) is 1. The molecule has 118 valence electrons.